The maximum Gasteiger partial charge on any atom is 0.220 e. The van der Waals surface area contributed by atoms with Gasteiger partial charge in [-0.05, 0) is 24.3 Å². The molecule has 0 radical (unpaired) electrons. The monoisotopic (exact) mass is 305 g/mol. The Bertz CT molecular complexity index is 422. The van der Waals surface area contributed by atoms with E-state index in [0.29, 0.717) is 6.42 Å². The second-order valence-corrected chi connectivity index (χ2v) is 6.47. The summed E-state index contributed by atoms with van der Waals surface area (Å²) in [5.74, 6) is 0.848. The van der Waals surface area contributed by atoms with Gasteiger partial charge in [0.25, 0.3) is 0 Å². The largest absolute Gasteiger partial charge is 0.349 e. The molecule has 0 aliphatic heterocycles. The van der Waals surface area contributed by atoms with Gasteiger partial charge in [0.15, 0.2) is 5.78 Å². The molecule has 0 aliphatic carbocycles. The highest BCUT2D eigenvalue weighted by molar-refractivity contribution is 5.87. The lowest BCUT2D eigenvalue weighted by atomic mass is 10.1. The van der Waals surface area contributed by atoms with E-state index in [2.05, 4.69) is 38.2 Å². The lowest BCUT2D eigenvalue weighted by molar-refractivity contribution is -0.126. The second-order valence-electron chi connectivity index (χ2n) is 6.47. The van der Waals surface area contributed by atoms with Crippen molar-refractivity contribution >= 4 is 11.7 Å². The summed E-state index contributed by atoms with van der Waals surface area (Å²) in [6.07, 6.45) is 2.18. The second kappa shape index (κ2) is 12.0. The average molecular weight is 305 g/mol. The molecular formula is C19H31NO2. The Morgan fingerprint density at radius 1 is 1.00 bits per heavy atom. The van der Waals surface area contributed by atoms with Crippen LogP contribution >= 0.6 is 0 Å². The zero-order valence-electron chi connectivity index (χ0n) is 14.7. The molecule has 0 saturated heterocycles. The average Bonchev–Trinajstić information content (AvgIpc) is 2.45. The summed E-state index contributed by atoms with van der Waals surface area (Å²) in [6, 6.07) is 10.1. The Kier molecular flexibility index (Phi) is 11.1. The van der Waals surface area contributed by atoms with E-state index in [9.17, 15) is 9.59 Å². The summed E-state index contributed by atoms with van der Waals surface area (Å²) >= 11 is 0. The molecule has 0 unspecified atom stereocenters. The molecule has 1 N–H and O–H groups in total. The molecule has 0 fully saturated rings. The third kappa shape index (κ3) is 12.1. The van der Waals surface area contributed by atoms with Crippen LogP contribution in [0.25, 0.3) is 0 Å². The Hall–Kier alpha value is -1.64. The van der Waals surface area contributed by atoms with Gasteiger partial charge < -0.3 is 5.32 Å². The molecule has 0 saturated carbocycles. The molecule has 0 atom stereocenters. The zero-order valence-corrected chi connectivity index (χ0v) is 14.7. The van der Waals surface area contributed by atoms with E-state index in [0.717, 1.165) is 18.8 Å². The van der Waals surface area contributed by atoms with Crippen molar-refractivity contribution in [1.29, 1.82) is 0 Å². The molecule has 1 amide bonds. The maximum absolute atomic E-state index is 11.5. The summed E-state index contributed by atoms with van der Waals surface area (Å²) in [4.78, 5) is 22.8. The van der Waals surface area contributed by atoms with E-state index in [-0.39, 0.29) is 24.2 Å². The minimum Gasteiger partial charge on any atom is -0.349 e. The van der Waals surface area contributed by atoms with E-state index in [1.807, 2.05) is 32.0 Å². The standard InChI is InChI=1S/C15H21NO2.C4H10/c1-12(2)14(17)11-16-15(18)10-6-9-13-7-4-3-5-8-13;1-4(2)3/h3-5,7-8,12H,6,9-11H2,1-2H3,(H,16,18);4H,1-3H3. The molecule has 3 nitrogen and oxygen atoms in total. The van der Waals surface area contributed by atoms with Crippen molar-refractivity contribution in [2.45, 2.75) is 53.9 Å². The van der Waals surface area contributed by atoms with Gasteiger partial charge in [0.05, 0.1) is 6.54 Å². The highest BCUT2D eigenvalue weighted by atomic mass is 16.2. The van der Waals surface area contributed by atoms with Gasteiger partial charge in [0, 0.05) is 12.3 Å². The van der Waals surface area contributed by atoms with Gasteiger partial charge in [-0.25, -0.2) is 0 Å². The minimum atomic E-state index is -0.0417. The van der Waals surface area contributed by atoms with Crippen molar-refractivity contribution in [2.24, 2.45) is 11.8 Å². The quantitative estimate of drug-likeness (QED) is 0.827. The number of hydrogen-bond donors (Lipinski definition) is 1. The third-order valence-electron chi connectivity index (χ3n) is 2.82. The highest BCUT2D eigenvalue weighted by Crippen LogP contribution is 2.04. The van der Waals surface area contributed by atoms with Gasteiger partial charge in [-0.2, -0.15) is 0 Å². The molecule has 0 spiro atoms. The van der Waals surface area contributed by atoms with Gasteiger partial charge >= 0.3 is 0 Å². The van der Waals surface area contributed by atoms with Crippen LogP contribution in [0.1, 0.15) is 53.0 Å². The normalized spacial score (nSPS) is 10.1. The van der Waals surface area contributed by atoms with Crippen molar-refractivity contribution in [3.8, 4) is 0 Å². The fraction of sp³-hybridized carbons (Fsp3) is 0.579. The molecular weight excluding hydrogens is 274 g/mol. The number of nitrogens with one attached hydrogen (secondary N) is 1. The number of benzene rings is 1. The lowest BCUT2D eigenvalue weighted by Crippen LogP contribution is -2.31. The van der Waals surface area contributed by atoms with E-state index < -0.39 is 0 Å². The molecule has 1 rings (SSSR count). The number of carbonyl (C=O) groups is 2. The number of rotatable bonds is 7. The fourth-order valence-corrected chi connectivity index (χ4v) is 1.58. The minimum absolute atomic E-state index is 0.0189. The van der Waals surface area contributed by atoms with Gasteiger partial charge in [0.1, 0.15) is 0 Å². The van der Waals surface area contributed by atoms with Crippen molar-refractivity contribution in [1.82, 2.24) is 5.32 Å². The first-order valence-corrected chi connectivity index (χ1v) is 8.16. The van der Waals surface area contributed by atoms with Gasteiger partial charge in [-0.3, -0.25) is 9.59 Å². The van der Waals surface area contributed by atoms with Gasteiger partial charge in [0.2, 0.25) is 5.91 Å². The smallest absolute Gasteiger partial charge is 0.220 e. The van der Waals surface area contributed by atoms with E-state index in [4.69, 9.17) is 0 Å². The molecule has 0 bridgehead atoms. The van der Waals surface area contributed by atoms with Crippen LogP contribution in [-0.2, 0) is 16.0 Å². The number of Topliss-reactive ketones (excluding diaryl/α,β-unsaturated/α-hetero) is 1. The fourth-order valence-electron chi connectivity index (χ4n) is 1.58. The molecule has 22 heavy (non-hydrogen) atoms. The molecule has 0 heterocycles. The maximum atomic E-state index is 11.5. The number of hydrogen-bond acceptors (Lipinski definition) is 2. The third-order valence-corrected chi connectivity index (χ3v) is 2.82. The number of amides is 1. The summed E-state index contributed by atoms with van der Waals surface area (Å²) in [5.41, 5.74) is 1.24. The molecule has 124 valence electrons. The zero-order chi connectivity index (χ0) is 17.0. The lowest BCUT2D eigenvalue weighted by Gasteiger charge is -2.06. The number of ketones is 1. The predicted octanol–water partition coefficient (Wildman–Crippen LogP) is 4.01. The first-order chi connectivity index (χ1) is 10.3. The van der Waals surface area contributed by atoms with Crippen molar-refractivity contribution < 1.29 is 9.59 Å². The number of aryl methyl sites for hydroxylation is 1. The molecule has 1 aromatic rings. The van der Waals surface area contributed by atoms with Crippen LogP contribution in [0.5, 0.6) is 0 Å². The van der Waals surface area contributed by atoms with Crippen molar-refractivity contribution in [2.75, 3.05) is 6.54 Å². The summed E-state index contributed by atoms with van der Waals surface area (Å²) in [5, 5.41) is 2.66. The SMILES string of the molecule is CC(C)C.CC(C)C(=O)CNC(=O)CCCc1ccccc1. The van der Waals surface area contributed by atoms with Gasteiger partial charge in [-0.15, -0.1) is 0 Å². The van der Waals surface area contributed by atoms with Crippen molar-refractivity contribution in [3.63, 3.8) is 0 Å². The Morgan fingerprint density at radius 3 is 2.05 bits per heavy atom. The molecule has 0 aliphatic rings. The van der Waals surface area contributed by atoms with Crippen LogP contribution < -0.4 is 5.32 Å². The van der Waals surface area contributed by atoms with Crippen LogP contribution in [0.2, 0.25) is 0 Å². The Morgan fingerprint density at radius 2 is 1.55 bits per heavy atom. The van der Waals surface area contributed by atoms with Crippen LogP contribution in [0, 0.1) is 11.8 Å². The van der Waals surface area contributed by atoms with E-state index >= 15 is 0 Å². The highest BCUT2D eigenvalue weighted by Gasteiger charge is 2.08. The van der Waals surface area contributed by atoms with Crippen LogP contribution in [0.3, 0.4) is 0 Å². The molecule has 0 aromatic heterocycles. The first kappa shape index (κ1) is 20.4. The Balaban J connectivity index is 0.000000980. The molecule has 3 heteroatoms. The van der Waals surface area contributed by atoms with Crippen molar-refractivity contribution in [3.05, 3.63) is 35.9 Å². The predicted molar refractivity (Wildman–Crippen MR) is 92.7 cm³/mol. The Labute approximate surface area is 135 Å². The van der Waals surface area contributed by atoms with Gasteiger partial charge in [-0.1, -0.05) is 65.0 Å². The first-order valence-electron chi connectivity index (χ1n) is 8.16. The van der Waals surface area contributed by atoms with Crippen LogP contribution in [-0.4, -0.2) is 18.2 Å². The summed E-state index contributed by atoms with van der Waals surface area (Å²) in [7, 11) is 0. The number of carbonyl (C=O) groups excluding carboxylic acids is 2. The topological polar surface area (TPSA) is 46.2 Å². The van der Waals surface area contributed by atoms with Crippen LogP contribution in [0.15, 0.2) is 30.3 Å². The summed E-state index contributed by atoms with van der Waals surface area (Å²) in [6.45, 7) is 10.3. The van der Waals surface area contributed by atoms with E-state index in [1.165, 1.54) is 5.56 Å². The molecule has 1 aromatic carbocycles. The summed E-state index contributed by atoms with van der Waals surface area (Å²) < 4.78 is 0. The van der Waals surface area contributed by atoms with E-state index in [1.54, 1.807) is 0 Å². The van der Waals surface area contributed by atoms with Crippen LogP contribution in [0.4, 0.5) is 0 Å².